The molecule has 5 nitrogen and oxygen atoms in total. The lowest BCUT2D eigenvalue weighted by atomic mass is 10.0. The first kappa shape index (κ1) is 17.1. The third-order valence-electron chi connectivity index (χ3n) is 3.66. The fourth-order valence-corrected chi connectivity index (χ4v) is 2.34. The Morgan fingerprint density at radius 1 is 1.35 bits per heavy atom. The zero-order chi connectivity index (χ0) is 17.0. The third-order valence-corrected chi connectivity index (χ3v) is 3.66. The molecule has 1 heterocycles. The average molecular weight is 316 g/mol. The van der Waals surface area contributed by atoms with E-state index in [0.717, 1.165) is 11.3 Å². The Morgan fingerprint density at radius 3 is 2.74 bits per heavy atom. The molecule has 0 bridgehead atoms. The predicted molar refractivity (Wildman–Crippen MR) is 89.0 cm³/mol. The molecule has 124 valence electrons. The van der Waals surface area contributed by atoms with Crippen molar-refractivity contribution in [2.75, 3.05) is 20.2 Å². The lowest BCUT2D eigenvalue weighted by Crippen LogP contribution is -2.31. The van der Waals surface area contributed by atoms with Gasteiger partial charge in [-0.05, 0) is 31.5 Å². The molecule has 5 heteroatoms. The second-order valence-corrected chi connectivity index (χ2v) is 6.05. The summed E-state index contributed by atoms with van der Waals surface area (Å²) in [5.41, 5.74) is 2.34. The maximum atomic E-state index is 12.6. The maximum Gasteiger partial charge on any atom is 0.259 e. The molecule has 1 aromatic carbocycles. The van der Waals surface area contributed by atoms with Crippen LogP contribution in [0.1, 0.15) is 47.1 Å². The van der Waals surface area contributed by atoms with Gasteiger partial charge in [0.15, 0.2) is 5.76 Å². The molecule has 0 aliphatic carbocycles. The molecule has 2 rings (SSSR count). The van der Waals surface area contributed by atoms with Gasteiger partial charge >= 0.3 is 0 Å². The summed E-state index contributed by atoms with van der Waals surface area (Å²) in [6.07, 6.45) is 0. The number of nitrogens with zero attached hydrogens (tertiary/aromatic N) is 2. The second kappa shape index (κ2) is 7.31. The summed E-state index contributed by atoms with van der Waals surface area (Å²) in [5.74, 6) is 1.49. The Hall–Kier alpha value is -2.30. The minimum Gasteiger partial charge on any atom is -0.492 e. The van der Waals surface area contributed by atoms with Crippen molar-refractivity contribution in [1.82, 2.24) is 10.1 Å². The Bertz CT molecular complexity index is 677. The number of carbonyl (C=O) groups excluding carboxylic acids is 1. The Morgan fingerprint density at radius 2 is 2.09 bits per heavy atom. The zero-order valence-electron chi connectivity index (χ0n) is 14.4. The summed E-state index contributed by atoms with van der Waals surface area (Å²) >= 11 is 0. The molecule has 0 unspecified atom stereocenters. The van der Waals surface area contributed by atoms with E-state index in [1.54, 1.807) is 18.9 Å². The number of likely N-dealkylation sites (N-methyl/N-ethyl adjacent to an activating group) is 1. The van der Waals surface area contributed by atoms with Crippen molar-refractivity contribution < 1.29 is 14.1 Å². The van der Waals surface area contributed by atoms with Crippen LogP contribution in [0.5, 0.6) is 5.75 Å². The van der Waals surface area contributed by atoms with Crippen molar-refractivity contribution in [2.45, 2.75) is 33.6 Å². The van der Waals surface area contributed by atoms with E-state index in [4.69, 9.17) is 9.26 Å². The minimum atomic E-state index is -0.0831. The highest BCUT2D eigenvalue weighted by molar-refractivity contribution is 5.96. The zero-order valence-corrected chi connectivity index (χ0v) is 14.4. The van der Waals surface area contributed by atoms with E-state index < -0.39 is 0 Å². The van der Waals surface area contributed by atoms with Crippen LogP contribution in [0.25, 0.3) is 0 Å². The van der Waals surface area contributed by atoms with Gasteiger partial charge in [0.1, 0.15) is 17.9 Å². The Kier molecular flexibility index (Phi) is 5.42. The molecule has 0 fully saturated rings. The van der Waals surface area contributed by atoms with Gasteiger partial charge in [-0.15, -0.1) is 0 Å². The predicted octanol–water partition coefficient (Wildman–Crippen LogP) is 3.57. The summed E-state index contributed by atoms with van der Waals surface area (Å²) in [5, 5.41) is 3.93. The molecule has 1 aromatic heterocycles. The van der Waals surface area contributed by atoms with Gasteiger partial charge in [-0.3, -0.25) is 4.79 Å². The fourth-order valence-electron chi connectivity index (χ4n) is 2.34. The first-order chi connectivity index (χ1) is 10.9. The number of aromatic nitrogens is 1. The monoisotopic (exact) mass is 316 g/mol. The minimum absolute atomic E-state index is 0.0831. The van der Waals surface area contributed by atoms with Crippen LogP contribution in [0.3, 0.4) is 0 Å². The molecule has 0 atom stereocenters. The summed E-state index contributed by atoms with van der Waals surface area (Å²) in [4.78, 5) is 14.3. The van der Waals surface area contributed by atoms with E-state index in [1.807, 2.05) is 45.0 Å². The van der Waals surface area contributed by atoms with E-state index in [9.17, 15) is 4.79 Å². The van der Waals surface area contributed by atoms with Gasteiger partial charge < -0.3 is 14.2 Å². The van der Waals surface area contributed by atoms with E-state index in [1.165, 1.54) is 0 Å². The quantitative estimate of drug-likeness (QED) is 0.817. The third kappa shape index (κ3) is 4.12. The second-order valence-electron chi connectivity index (χ2n) is 6.05. The highest BCUT2D eigenvalue weighted by atomic mass is 16.5. The molecule has 23 heavy (non-hydrogen) atoms. The lowest BCUT2D eigenvalue weighted by Gasteiger charge is -2.18. The van der Waals surface area contributed by atoms with E-state index in [-0.39, 0.29) is 11.8 Å². The van der Waals surface area contributed by atoms with Gasteiger partial charge in [0.25, 0.3) is 5.91 Å². The number of hydrogen-bond acceptors (Lipinski definition) is 4. The largest absolute Gasteiger partial charge is 0.492 e. The lowest BCUT2D eigenvalue weighted by molar-refractivity contribution is 0.0770. The molecular weight excluding hydrogens is 292 g/mol. The van der Waals surface area contributed by atoms with Crippen LogP contribution in [-0.2, 0) is 0 Å². The topological polar surface area (TPSA) is 55.6 Å². The molecule has 0 aliphatic rings. The van der Waals surface area contributed by atoms with Gasteiger partial charge in [-0.1, -0.05) is 31.1 Å². The number of hydrogen-bond donors (Lipinski definition) is 0. The van der Waals surface area contributed by atoms with Crippen LogP contribution < -0.4 is 4.74 Å². The van der Waals surface area contributed by atoms with Crippen molar-refractivity contribution in [3.8, 4) is 5.75 Å². The number of carbonyl (C=O) groups is 1. The van der Waals surface area contributed by atoms with Crippen LogP contribution in [0.15, 0.2) is 28.8 Å². The molecule has 0 radical (unpaired) electrons. The summed E-state index contributed by atoms with van der Waals surface area (Å²) in [6.45, 7) is 8.71. The van der Waals surface area contributed by atoms with E-state index in [2.05, 4.69) is 5.16 Å². The van der Waals surface area contributed by atoms with Gasteiger partial charge in [-0.2, -0.15) is 0 Å². The Labute approximate surface area is 137 Å². The van der Waals surface area contributed by atoms with Crippen LogP contribution in [0.4, 0.5) is 0 Å². The van der Waals surface area contributed by atoms with Gasteiger partial charge in [-0.25, -0.2) is 0 Å². The van der Waals surface area contributed by atoms with Crippen LogP contribution in [0, 0.1) is 13.8 Å². The van der Waals surface area contributed by atoms with E-state index in [0.29, 0.717) is 30.2 Å². The van der Waals surface area contributed by atoms with Crippen LogP contribution in [-0.4, -0.2) is 36.2 Å². The Balaban J connectivity index is 1.97. The molecule has 0 spiro atoms. The number of rotatable bonds is 6. The molecule has 0 N–H and O–H groups in total. The van der Waals surface area contributed by atoms with Crippen molar-refractivity contribution >= 4 is 5.91 Å². The number of ether oxygens (including phenoxy) is 1. The molecule has 0 saturated heterocycles. The first-order valence-corrected chi connectivity index (χ1v) is 7.81. The van der Waals surface area contributed by atoms with Gasteiger partial charge in [0, 0.05) is 13.0 Å². The first-order valence-electron chi connectivity index (χ1n) is 7.81. The average Bonchev–Trinajstić information content (AvgIpc) is 2.88. The number of amides is 1. The SMILES string of the molecule is Cc1cccc(OCCN(C)C(=O)c2c(C)noc2C(C)C)c1. The van der Waals surface area contributed by atoms with Crippen molar-refractivity contribution in [1.29, 1.82) is 0 Å². The van der Waals surface area contributed by atoms with Crippen LogP contribution >= 0.6 is 0 Å². The highest BCUT2D eigenvalue weighted by Gasteiger charge is 2.24. The van der Waals surface area contributed by atoms with Gasteiger partial charge in [0.2, 0.25) is 0 Å². The highest BCUT2D eigenvalue weighted by Crippen LogP contribution is 2.23. The molecular formula is C18H24N2O3. The smallest absolute Gasteiger partial charge is 0.259 e. The van der Waals surface area contributed by atoms with Gasteiger partial charge in [0.05, 0.1) is 12.2 Å². The van der Waals surface area contributed by atoms with Crippen molar-refractivity contribution in [3.05, 3.63) is 46.8 Å². The summed E-state index contributed by atoms with van der Waals surface area (Å²) < 4.78 is 11.0. The molecule has 1 amide bonds. The van der Waals surface area contributed by atoms with E-state index >= 15 is 0 Å². The molecule has 2 aromatic rings. The summed E-state index contributed by atoms with van der Waals surface area (Å²) in [6, 6.07) is 7.86. The standard InChI is InChI=1S/C18H24N2O3/c1-12(2)17-16(14(4)19-23-17)18(21)20(5)9-10-22-15-8-6-7-13(3)11-15/h6-8,11-12H,9-10H2,1-5H3. The number of benzene rings is 1. The molecule has 0 aliphatic heterocycles. The fraction of sp³-hybridized carbons (Fsp3) is 0.444. The summed E-state index contributed by atoms with van der Waals surface area (Å²) in [7, 11) is 1.76. The number of aryl methyl sites for hydroxylation is 2. The normalized spacial score (nSPS) is 10.9. The van der Waals surface area contributed by atoms with Crippen LogP contribution in [0.2, 0.25) is 0 Å². The van der Waals surface area contributed by atoms with Crippen molar-refractivity contribution in [3.63, 3.8) is 0 Å². The molecule has 0 saturated carbocycles. The maximum absolute atomic E-state index is 12.6. The van der Waals surface area contributed by atoms with Crippen molar-refractivity contribution in [2.24, 2.45) is 0 Å².